The third-order valence-corrected chi connectivity index (χ3v) is 6.36. The highest BCUT2D eigenvalue weighted by Crippen LogP contribution is 2.25. The Morgan fingerprint density at radius 1 is 0.941 bits per heavy atom. The van der Waals surface area contributed by atoms with Crippen molar-refractivity contribution in [1.29, 1.82) is 0 Å². The van der Waals surface area contributed by atoms with E-state index in [9.17, 15) is 4.21 Å². The van der Waals surface area contributed by atoms with Gasteiger partial charge in [0.05, 0.1) is 5.25 Å². The first kappa shape index (κ1) is 13.5. The second kappa shape index (κ2) is 6.86. The molecular weight excluding hydrogens is 234 g/mol. The fraction of sp³-hybridized carbons (Fsp3) is 1.00. The molecule has 17 heavy (non-hydrogen) atoms. The third-order valence-electron chi connectivity index (χ3n) is 4.05. The summed E-state index contributed by atoms with van der Waals surface area (Å²) in [6, 6.07) is 0.152. The van der Waals surface area contributed by atoms with E-state index in [4.69, 9.17) is 10.5 Å². The van der Waals surface area contributed by atoms with E-state index in [2.05, 4.69) is 0 Å². The molecule has 0 amide bonds. The molecule has 0 aromatic rings. The van der Waals surface area contributed by atoms with Crippen LogP contribution in [0.3, 0.4) is 0 Å². The average Bonchev–Trinajstić information content (AvgIpc) is 2.35. The minimum Gasteiger partial charge on any atom is -0.381 e. The fourth-order valence-electron chi connectivity index (χ4n) is 2.92. The summed E-state index contributed by atoms with van der Waals surface area (Å²) in [5.41, 5.74) is 6.23. The van der Waals surface area contributed by atoms with Crippen molar-refractivity contribution in [2.75, 3.05) is 13.2 Å². The standard InChI is InChI=1S/C13H25NO2S/c14-12-5-3-1-2-4-6-13(12)17(15)11-7-9-16-10-8-11/h11-13H,1-10,14H2. The van der Waals surface area contributed by atoms with E-state index in [1.165, 1.54) is 25.7 Å². The Balaban J connectivity index is 1.94. The molecule has 4 heteroatoms. The van der Waals surface area contributed by atoms with Gasteiger partial charge < -0.3 is 10.5 Å². The van der Waals surface area contributed by atoms with Crippen molar-refractivity contribution >= 4 is 10.8 Å². The number of ether oxygens (including phenoxy) is 1. The lowest BCUT2D eigenvalue weighted by atomic mass is 9.97. The summed E-state index contributed by atoms with van der Waals surface area (Å²) in [4.78, 5) is 0. The van der Waals surface area contributed by atoms with E-state index >= 15 is 0 Å². The molecule has 1 heterocycles. The minimum atomic E-state index is -0.747. The van der Waals surface area contributed by atoms with Gasteiger partial charge in [-0.05, 0) is 25.7 Å². The third kappa shape index (κ3) is 3.76. The summed E-state index contributed by atoms with van der Waals surface area (Å²) in [7, 11) is -0.747. The van der Waals surface area contributed by atoms with Gasteiger partial charge in [0.15, 0.2) is 0 Å². The van der Waals surface area contributed by atoms with Crippen molar-refractivity contribution in [1.82, 2.24) is 0 Å². The Labute approximate surface area is 107 Å². The fourth-order valence-corrected chi connectivity index (χ4v) is 4.95. The van der Waals surface area contributed by atoms with Crippen LogP contribution in [0.2, 0.25) is 0 Å². The van der Waals surface area contributed by atoms with Gasteiger partial charge in [-0.3, -0.25) is 4.21 Å². The highest BCUT2D eigenvalue weighted by Gasteiger charge is 2.31. The molecule has 2 rings (SSSR count). The molecule has 2 N–H and O–H groups in total. The van der Waals surface area contributed by atoms with Crippen LogP contribution in [-0.2, 0) is 15.5 Å². The summed E-state index contributed by atoms with van der Waals surface area (Å²) < 4.78 is 17.9. The number of nitrogens with two attached hydrogens (primary N) is 1. The lowest BCUT2D eigenvalue weighted by Gasteiger charge is -2.31. The molecule has 1 aliphatic carbocycles. The number of hydrogen-bond donors (Lipinski definition) is 1. The van der Waals surface area contributed by atoms with Crippen LogP contribution in [0, 0.1) is 0 Å². The molecule has 0 spiro atoms. The summed E-state index contributed by atoms with van der Waals surface area (Å²) >= 11 is 0. The Bertz CT molecular complexity index is 254. The molecule has 100 valence electrons. The summed E-state index contributed by atoms with van der Waals surface area (Å²) in [5, 5.41) is 0.567. The molecular formula is C13H25NO2S. The Kier molecular flexibility index (Phi) is 5.45. The van der Waals surface area contributed by atoms with Crippen LogP contribution in [0.5, 0.6) is 0 Å². The van der Waals surface area contributed by atoms with Crippen LogP contribution in [0.15, 0.2) is 0 Å². The topological polar surface area (TPSA) is 52.3 Å². The van der Waals surface area contributed by atoms with Crippen LogP contribution in [0.1, 0.15) is 51.4 Å². The van der Waals surface area contributed by atoms with Crippen LogP contribution in [-0.4, -0.2) is 34.0 Å². The quantitative estimate of drug-likeness (QED) is 0.825. The van der Waals surface area contributed by atoms with Crippen molar-refractivity contribution in [3.63, 3.8) is 0 Å². The van der Waals surface area contributed by atoms with Gasteiger partial charge in [-0.25, -0.2) is 0 Å². The Morgan fingerprint density at radius 3 is 2.29 bits per heavy atom. The summed E-state index contributed by atoms with van der Waals surface area (Å²) in [6.45, 7) is 1.55. The first-order chi connectivity index (χ1) is 8.29. The monoisotopic (exact) mass is 259 g/mol. The minimum absolute atomic E-state index is 0.152. The molecule has 1 saturated carbocycles. The molecule has 3 unspecified atom stereocenters. The molecule has 0 aromatic heterocycles. The van der Waals surface area contributed by atoms with Crippen LogP contribution in [0.25, 0.3) is 0 Å². The van der Waals surface area contributed by atoms with Crippen molar-refractivity contribution in [3.8, 4) is 0 Å². The maximum atomic E-state index is 12.6. The molecule has 2 aliphatic rings. The van der Waals surface area contributed by atoms with Gasteiger partial charge in [0.2, 0.25) is 0 Å². The van der Waals surface area contributed by atoms with Gasteiger partial charge in [0.1, 0.15) is 0 Å². The van der Waals surface area contributed by atoms with Gasteiger partial charge in [-0.2, -0.15) is 0 Å². The van der Waals surface area contributed by atoms with Crippen LogP contribution in [0.4, 0.5) is 0 Å². The van der Waals surface area contributed by atoms with Crippen molar-refractivity contribution in [2.24, 2.45) is 5.73 Å². The van der Waals surface area contributed by atoms with Crippen molar-refractivity contribution < 1.29 is 8.95 Å². The predicted octanol–water partition coefficient (Wildman–Crippen LogP) is 1.96. The second-order valence-electron chi connectivity index (χ2n) is 5.33. The molecule has 3 atom stereocenters. The zero-order valence-corrected chi connectivity index (χ0v) is 11.4. The SMILES string of the molecule is NC1CCCCCCC1S(=O)C1CCOCC1. The molecule has 0 aromatic carbocycles. The summed E-state index contributed by atoms with van der Waals surface area (Å²) in [5.74, 6) is 0. The van der Waals surface area contributed by atoms with Crippen molar-refractivity contribution in [2.45, 2.75) is 67.9 Å². The molecule has 1 aliphatic heterocycles. The maximum absolute atomic E-state index is 12.6. The number of rotatable bonds is 2. The Morgan fingerprint density at radius 2 is 1.59 bits per heavy atom. The van der Waals surface area contributed by atoms with E-state index in [0.29, 0.717) is 5.25 Å². The van der Waals surface area contributed by atoms with E-state index in [-0.39, 0.29) is 11.3 Å². The van der Waals surface area contributed by atoms with E-state index in [1.807, 2.05) is 0 Å². The highest BCUT2D eigenvalue weighted by molar-refractivity contribution is 7.86. The first-order valence-electron chi connectivity index (χ1n) is 7.02. The molecule has 0 radical (unpaired) electrons. The average molecular weight is 259 g/mol. The van der Waals surface area contributed by atoms with Gasteiger partial charge in [0, 0.05) is 35.3 Å². The highest BCUT2D eigenvalue weighted by atomic mass is 32.2. The van der Waals surface area contributed by atoms with Gasteiger partial charge >= 0.3 is 0 Å². The predicted molar refractivity (Wildman–Crippen MR) is 71.4 cm³/mol. The largest absolute Gasteiger partial charge is 0.381 e. The lowest BCUT2D eigenvalue weighted by molar-refractivity contribution is 0.0990. The van der Waals surface area contributed by atoms with Gasteiger partial charge in [0.25, 0.3) is 0 Å². The molecule has 3 nitrogen and oxygen atoms in total. The Hall–Kier alpha value is 0.0700. The van der Waals surface area contributed by atoms with Crippen LogP contribution < -0.4 is 5.73 Å². The van der Waals surface area contributed by atoms with Crippen molar-refractivity contribution in [3.05, 3.63) is 0 Å². The van der Waals surface area contributed by atoms with E-state index in [1.54, 1.807) is 0 Å². The first-order valence-corrected chi connectivity index (χ1v) is 8.29. The molecule has 0 bridgehead atoms. The summed E-state index contributed by atoms with van der Waals surface area (Å²) in [6.07, 6.45) is 9.02. The maximum Gasteiger partial charge on any atom is 0.0501 e. The van der Waals surface area contributed by atoms with E-state index in [0.717, 1.165) is 38.9 Å². The van der Waals surface area contributed by atoms with E-state index < -0.39 is 10.8 Å². The number of hydrogen-bond acceptors (Lipinski definition) is 3. The molecule has 2 fully saturated rings. The smallest absolute Gasteiger partial charge is 0.0501 e. The van der Waals surface area contributed by atoms with Gasteiger partial charge in [-0.15, -0.1) is 0 Å². The van der Waals surface area contributed by atoms with Crippen LogP contribution >= 0.6 is 0 Å². The zero-order valence-electron chi connectivity index (χ0n) is 10.6. The lowest BCUT2D eigenvalue weighted by Crippen LogP contribution is -2.43. The second-order valence-corrected chi connectivity index (χ2v) is 7.26. The normalized spacial score (nSPS) is 34.9. The zero-order chi connectivity index (χ0) is 12.1. The molecule has 1 saturated heterocycles. The van der Waals surface area contributed by atoms with Gasteiger partial charge in [-0.1, -0.05) is 25.7 Å².